The first-order valence-electron chi connectivity index (χ1n) is 9.30. The summed E-state index contributed by atoms with van der Waals surface area (Å²) in [5.41, 5.74) is 2.09. The third-order valence-corrected chi connectivity index (χ3v) is 4.28. The molecule has 1 N–H and O–H groups in total. The zero-order valence-corrected chi connectivity index (χ0v) is 16.8. The Hall–Kier alpha value is -3.02. The molecule has 1 atom stereocenters. The maximum Gasteiger partial charge on any atom is 0.338 e. The van der Waals surface area contributed by atoms with Crippen LogP contribution in [0.3, 0.4) is 0 Å². The molecule has 0 aromatic heterocycles. The fourth-order valence-corrected chi connectivity index (χ4v) is 2.59. The van der Waals surface area contributed by atoms with Crippen molar-refractivity contribution in [3.8, 4) is 11.5 Å². The van der Waals surface area contributed by atoms with Crippen LogP contribution >= 0.6 is 0 Å². The molecule has 0 fully saturated rings. The van der Waals surface area contributed by atoms with Gasteiger partial charge in [-0.15, -0.1) is 0 Å². The summed E-state index contributed by atoms with van der Waals surface area (Å²) in [7, 11) is 3.05. The maximum absolute atomic E-state index is 12.4. The van der Waals surface area contributed by atoms with Crippen LogP contribution < -0.4 is 14.8 Å². The number of unbranched alkanes of at least 4 members (excludes halogenated alkanes) is 1. The molecule has 0 spiro atoms. The van der Waals surface area contributed by atoms with Gasteiger partial charge in [-0.25, -0.2) is 4.79 Å². The van der Waals surface area contributed by atoms with Gasteiger partial charge in [0.15, 0.2) is 6.10 Å². The number of nitrogens with one attached hydrogen (secondary N) is 1. The lowest BCUT2D eigenvalue weighted by Crippen LogP contribution is -2.30. The lowest BCUT2D eigenvalue weighted by molar-refractivity contribution is -0.123. The quantitative estimate of drug-likeness (QED) is 0.654. The molecule has 6 nitrogen and oxygen atoms in total. The molecule has 0 saturated heterocycles. The Morgan fingerprint density at radius 1 is 1.00 bits per heavy atom. The van der Waals surface area contributed by atoms with E-state index >= 15 is 0 Å². The zero-order chi connectivity index (χ0) is 20.5. The SMILES string of the molecule is CCCCc1ccc(C(=O)OC(C)C(=O)Nc2cc(OC)cc(OC)c2)cc1. The number of hydrogen-bond donors (Lipinski definition) is 1. The number of rotatable bonds is 9. The van der Waals surface area contributed by atoms with Gasteiger partial charge in [0.2, 0.25) is 0 Å². The molecular weight excluding hydrogens is 358 g/mol. The standard InChI is InChI=1S/C22H27NO5/c1-5-6-7-16-8-10-17(11-9-16)22(25)28-15(2)21(24)23-18-12-19(26-3)14-20(13-18)27-4/h8-15H,5-7H2,1-4H3,(H,23,24). The molecule has 2 rings (SSSR count). The van der Waals surface area contributed by atoms with Crippen LogP contribution in [0.2, 0.25) is 0 Å². The van der Waals surface area contributed by atoms with Crippen LogP contribution in [0.4, 0.5) is 5.69 Å². The molecule has 0 aliphatic carbocycles. The minimum absolute atomic E-state index is 0.419. The summed E-state index contributed by atoms with van der Waals surface area (Å²) in [4.78, 5) is 24.7. The Morgan fingerprint density at radius 2 is 1.61 bits per heavy atom. The van der Waals surface area contributed by atoms with E-state index in [9.17, 15) is 9.59 Å². The molecule has 1 amide bonds. The monoisotopic (exact) mass is 385 g/mol. The van der Waals surface area contributed by atoms with Gasteiger partial charge in [-0.05, 0) is 37.5 Å². The number of benzene rings is 2. The van der Waals surface area contributed by atoms with Gasteiger partial charge in [-0.3, -0.25) is 4.79 Å². The first kappa shape index (κ1) is 21.3. The van der Waals surface area contributed by atoms with Crippen molar-refractivity contribution in [2.24, 2.45) is 0 Å². The minimum atomic E-state index is -0.954. The number of amides is 1. The molecule has 0 aliphatic rings. The van der Waals surface area contributed by atoms with Crippen molar-refractivity contribution in [2.75, 3.05) is 19.5 Å². The largest absolute Gasteiger partial charge is 0.497 e. The van der Waals surface area contributed by atoms with E-state index < -0.39 is 18.0 Å². The van der Waals surface area contributed by atoms with Gasteiger partial charge < -0.3 is 19.5 Å². The summed E-state index contributed by atoms with van der Waals surface area (Å²) >= 11 is 0. The van der Waals surface area contributed by atoms with E-state index in [4.69, 9.17) is 14.2 Å². The normalized spacial score (nSPS) is 11.4. The average Bonchev–Trinajstić information content (AvgIpc) is 2.72. The van der Waals surface area contributed by atoms with Gasteiger partial charge in [0.25, 0.3) is 5.91 Å². The second-order valence-corrected chi connectivity index (χ2v) is 6.44. The van der Waals surface area contributed by atoms with E-state index in [1.54, 1.807) is 30.3 Å². The fraction of sp³-hybridized carbons (Fsp3) is 0.364. The number of anilines is 1. The molecular formula is C22H27NO5. The van der Waals surface area contributed by atoms with Crippen LogP contribution in [-0.2, 0) is 16.0 Å². The number of ether oxygens (including phenoxy) is 3. The maximum atomic E-state index is 12.4. The number of aryl methyl sites for hydroxylation is 1. The molecule has 0 bridgehead atoms. The molecule has 0 saturated carbocycles. The fourth-order valence-electron chi connectivity index (χ4n) is 2.59. The zero-order valence-electron chi connectivity index (χ0n) is 16.8. The minimum Gasteiger partial charge on any atom is -0.497 e. The van der Waals surface area contributed by atoms with Crippen LogP contribution in [0.5, 0.6) is 11.5 Å². The van der Waals surface area contributed by atoms with Crippen molar-refractivity contribution in [3.63, 3.8) is 0 Å². The molecule has 0 heterocycles. The van der Waals surface area contributed by atoms with Crippen molar-refractivity contribution in [1.82, 2.24) is 0 Å². The topological polar surface area (TPSA) is 73.9 Å². The summed E-state index contributed by atoms with van der Waals surface area (Å²) in [5.74, 6) is 0.112. The van der Waals surface area contributed by atoms with Gasteiger partial charge in [0.1, 0.15) is 11.5 Å². The van der Waals surface area contributed by atoms with Crippen LogP contribution in [0, 0.1) is 0 Å². The number of hydrogen-bond acceptors (Lipinski definition) is 5. The summed E-state index contributed by atoms with van der Waals surface area (Å²) in [6.07, 6.45) is 2.25. The number of esters is 1. The van der Waals surface area contributed by atoms with E-state index in [2.05, 4.69) is 12.2 Å². The van der Waals surface area contributed by atoms with Crippen molar-refractivity contribution in [3.05, 3.63) is 53.6 Å². The van der Waals surface area contributed by atoms with Crippen molar-refractivity contribution in [1.29, 1.82) is 0 Å². The van der Waals surface area contributed by atoms with E-state index in [0.29, 0.717) is 22.7 Å². The second-order valence-electron chi connectivity index (χ2n) is 6.44. The molecule has 28 heavy (non-hydrogen) atoms. The second kappa shape index (κ2) is 10.3. The highest BCUT2D eigenvalue weighted by Crippen LogP contribution is 2.26. The van der Waals surface area contributed by atoms with Crippen LogP contribution in [0.15, 0.2) is 42.5 Å². The lowest BCUT2D eigenvalue weighted by atomic mass is 10.1. The van der Waals surface area contributed by atoms with E-state index in [1.165, 1.54) is 26.7 Å². The van der Waals surface area contributed by atoms with E-state index in [0.717, 1.165) is 19.3 Å². The lowest BCUT2D eigenvalue weighted by Gasteiger charge is -2.15. The Balaban J connectivity index is 1.97. The van der Waals surface area contributed by atoms with Gasteiger partial charge in [-0.1, -0.05) is 25.5 Å². The summed E-state index contributed by atoms with van der Waals surface area (Å²) in [5, 5.41) is 2.70. The Labute approximate surface area is 165 Å². The summed E-state index contributed by atoms with van der Waals surface area (Å²) in [6.45, 7) is 3.67. The van der Waals surface area contributed by atoms with Gasteiger partial charge in [0, 0.05) is 23.9 Å². The van der Waals surface area contributed by atoms with E-state index in [-0.39, 0.29) is 0 Å². The van der Waals surface area contributed by atoms with Crippen molar-refractivity contribution in [2.45, 2.75) is 39.2 Å². The molecule has 150 valence electrons. The summed E-state index contributed by atoms with van der Waals surface area (Å²) < 4.78 is 15.6. The molecule has 2 aromatic rings. The smallest absolute Gasteiger partial charge is 0.338 e. The molecule has 0 aliphatic heterocycles. The highest BCUT2D eigenvalue weighted by molar-refractivity contribution is 5.97. The summed E-state index contributed by atoms with van der Waals surface area (Å²) in [6, 6.07) is 12.3. The molecule has 6 heteroatoms. The molecule has 0 radical (unpaired) electrons. The first-order chi connectivity index (χ1) is 13.5. The van der Waals surface area contributed by atoms with Crippen molar-refractivity contribution >= 4 is 17.6 Å². The predicted octanol–water partition coefficient (Wildman–Crippen LogP) is 4.23. The molecule has 1 unspecified atom stereocenters. The Bertz CT molecular complexity index is 779. The third kappa shape index (κ3) is 6.01. The Morgan fingerprint density at radius 3 is 2.14 bits per heavy atom. The highest BCUT2D eigenvalue weighted by Gasteiger charge is 2.19. The van der Waals surface area contributed by atoms with Crippen molar-refractivity contribution < 1.29 is 23.8 Å². The van der Waals surface area contributed by atoms with Gasteiger partial charge in [0.05, 0.1) is 19.8 Å². The van der Waals surface area contributed by atoms with Gasteiger partial charge >= 0.3 is 5.97 Å². The van der Waals surface area contributed by atoms with Crippen LogP contribution in [-0.4, -0.2) is 32.2 Å². The van der Waals surface area contributed by atoms with Gasteiger partial charge in [-0.2, -0.15) is 0 Å². The average molecular weight is 385 g/mol. The number of carbonyl (C=O) groups is 2. The number of carbonyl (C=O) groups excluding carboxylic acids is 2. The van der Waals surface area contributed by atoms with E-state index in [1.807, 2.05) is 12.1 Å². The Kier molecular flexibility index (Phi) is 7.87. The predicted molar refractivity (Wildman–Crippen MR) is 108 cm³/mol. The highest BCUT2D eigenvalue weighted by atomic mass is 16.5. The molecule has 2 aromatic carbocycles. The van der Waals surface area contributed by atoms with Crippen LogP contribution in [0.25, 0.3) is 0 Å². The third-order valence-electron chi connectivity index (χ3n) is 4.28. The first-order valence-corrected chi connectivity index (χ1v) is 9.30. The number of methoxy groups -OCH3 is 2. The van der Waals surface area contributed by atoms with Crippen LogP contribution in [0.1, 0.15) is 42.6 Å².